The first kappa shape index (κ1) is 39.5. The van der Waals surface area contributed by atoms with E-state index in [4.69, 9.17) is 0 Å². The van der Waals surface area contributed by atoms with Gasteiger partial charge in [0.05, 0.1) is 0 Å². The van der Waals surface area contributed by atoms with Crippen LogP contribution < -0.4 is 0 Å². The third-order valence-corrected chi connectivity index (χ3v) is 8.64. The molecule has 0 radical (unpaired) electrons. The van der Waals surface area contributed by atoms with Crippen molar-refractivity contribution < 1.29 is 10.2 Å². The molecule has 238 valence electrons. The van der Waals surface area contributed by atoms with Crippen LogP contribution in [0.1, 0.15) is 220 Å². The topological polar surface area (TPSA) is 40.5 Å². The SMILES string of the molecule is CCCCCCCCCCCCCCCCC(C)(O)C#CC(C)(O)CCCCCCCCCCCCCCCC. The van der Waals surface area contributed by atoms with Crippen LogP contribution in [0.2, 0.25) is 0 Å². The van der Waals surface area contributed by atoms with Gasteiger partial charge in [0, 0.05) is 0 Å². The van der Waals surface area contributed by atoms with Crippen LogP contribution in [0.4, 0.5) is 0 Å². The second kappa shape index (κ2) is 28.6. The highest BCUT2D eigenvalue weighted by Gasteiger charge is 2.20. The number of rotatable bonds is 30. The molecule has 0 saturated carbocycles. The van der Waals surface area contributed by atoms with Gasteiger partial charge in [-0.05, 0) is 39.5 Å². The summed E-state index contributed by atoms with van der Waals surface area (Å²) >= 11 is 0. The predicted molar refractivity (Wildman–Crippen MR) is 179 cm³/mol. The normalized spacial score (nSPS) is 14.4. The molecule has 0 aromatic carbocycles. The first-order valence-electron chi connectivity index (χ1n) is 18.3. The fourth-order valence-electron chi connectivity index (χ4n) is 5.72. The van der Waals surface area contributed by atoms with Crippen LogP contribution in [0, 0.1) is 11.8 Å². The van der Waals surface area contributed by atoms with Gasteiger partial charge in [0.15, 0.2) is 0 Å². The Morgan fingerprint density at radius 3 is 0.700 bits per heavy atom. The summed E-state index contributed by atoms with van der Waals surface area (Å²) in [7, 11) is 0. The summed E-state index contributed by atoms with van der Waals surface area (Å²) in [5.41, 5.74) is -1.98. The molecule has 0 aliphatic carbocycles. The fourth-order valence-corrected chi connectivity index (χ4v) is 5.72. The van der Waals surface area contributed by atoms with Crippen molar-refractivity contribution in [1.82, 2.24) is 0 Å². The van der Waals surface area contributed by atoms with E-state index in [1.54, 1.807) is 0 Å². The highest BCUT2D eigenvalue weighted by Crippen LogP contribution is 2.20. The number of hydrogen-bond acceptors (Lipinski definition) is 2. The Morgan fingerprint density at radius 1 is 0.325 bits per heavy atom. The zero-order chi connectivity index (χ0) is 29.6. The van der Waals surface area contributed by atoms with Gasteiger partial charge in [0.1, 0.15) is 11.2 Å². The average Bonchev–Trinajstić information content (AvgIpc) is 2.92. The highest BCUT2D eigenvalue weighted by molar-refractivity contribution is 5.19. The lowest BCUT2D eigenvalue weighted by molar-refractivity contribution is 0.0968. The van der Waals surface area contributed by atoms with Gasteiger partial charge in [0.25, 0.3) is 0 Å². The minimum absolute atomic E-state index is 0.701. The molecule has 2 unspecified atom stereocenters. The summed E-state index contributed by atoms with van der Waals surface area (Å²) in [6, 6.07) is 0. The van der Waals surface area contributed by atoms with Crippen molar-refractivity contribution in [2.45, 2.75) is 232 Å². The smallest absolute Gasteiger partial charge is 0.122 e. The summed E-state index contributed by atoms with van der Waals surface area (Å²) in [5.74, 6) is 6.00. The van der Waals surface area contributed by atoms with Gasteiger partial charge in [-0.25, -0.2) is 0 Å². The molecule has 0 amide bonds. The quantitative estimate of drug-likeness (QED) is 0.0675. The van der Waals surface area contributed by atoms with E-state index < -0.39 is 11.2 Å². The van der Waals surface area contributed by atoms with Crippen LogP contribution in [0.5, 0.6) is 0 Å². The number of hydrogen-bond donors (Lipinski definition) is 2. The van der Waals surface area contributed by atoms with E-state index in [2.05, 4.69) is 25.7 Å². The Balaban J connectivity index is 3.65. The van der Waals surface area contributed by atoms with Gasteiger partial charge in [-0.2, -0.15) is 0 Å². The molecule has 40 heavy (non-hydrogen) atoms. The molecule has 2 heteroatoms. The van der Waals surface area contributed by atoms with Crippen LogP contribution in [0.3, 0.4) is 0 Å². The van der Waals surface area contributed by atoms with Crippen molar-refractivity contribution in [2.24, 2.45) is 0 Å². The minimum Gasteiger partial charge on any atom is -0.378 e. The standard InChI is InChI=1S/C38H74O2/c1-5-7-9-11-13-15-17-19-21-23-25-27-29-31-33-37(3,39)35-36-38(4,40)34-32-30-28-26-24-22-20-18-16-14-12-10-8-6-2/h39-40H,5-34H2,1-4H3. The Labute approximate surface area is 253 Å². The van der Waals surface area contributed by atoms with Crippen LogP contribution in [-0.4, -0.2) is 21.4 Å². The van der Waals surface area contributed by atoms with Gasteiger partial charge in [-0.1, -0.05) is 193 Å². The van der Waals surface area contributed by atoms with E-state index in [0.29, 0.717) is 12.8 Å². The summed E-state index contributed by atoms with van der Waals surface area (Å²) in [5, 5.41) is 21.4. The Morgan fingerprint density at radius 2 is 0.500 bits per heavy atom. The molecule has 0 aromatic rings. The van der Waals surface area contributed by atoms with Crippen molar-refractivity contribution >= 4 is 0 Å². The molecular formula is C38H74O2. The lowest BCUT2D eigenvalue weighted by Gasteiger charge is -2.20. The maximum atomic E-state index is 10.7. The van der Waals surface area contributed by atoms with Gasteiger partial charge in [0.2, 0.25) is 0 Å². The summed E-state index contributed by atoms with van der Waals surface area (Å²) in [4.78, 5) is 0. The third-order valence-electron chi connectivity index (χ3n) is 8.64. The third kappa shape index (κ3) is 30.4. The van der Waals surface area contributed by atoms with Crippen molar-refractivity contribution in [3.8, 4) is 11.8 Å². The zero-order valence-corrected chi connectivity index (χ0v) is 28.1. The lowest BCUT2D eigenvalue weighted by atomic mass is 9.94. The fraction of sp³-hybridized carbons (Fsp3) is 0.947. The number of unbranched alkanes of at least 4 members (excludes halogenated alkanes) is 26. The van der Waals surface area contributed by atoms with E-state index in [1.165, 1.54) is 167 Å². The van der Waals surface area contributed by atoms with Crippen LogP contribution in [0.25, 0.3) is 0 Å². The molecular weight excluding hydrogens is 488 g/mol. The van der Waals surface area contributed by atoms with Crippen molar-refractivity contribution in [3.05, 3.63) is 0 Å². The molecule has 0 spiro atoms. The molecule has 2 atom stereocenters. The van der Waals surface area contributed by atoms with Gasteiger partial charge >= 0.3 is 0 Å². The molecule has 2 N–H and O–H groups in total. The van der Waals surface area contributed by atoms with E-state index in [9.17, 15) is 10.2 Å². The summed E-state index contributed by atoms with van der Waals surface area (Å²) < 4.78 is 0. The first-order valence-corrected chi connectivity index (χ1v) is 18.3. The summed E-state index contributed by atoms with van der Waals surface area (Å²) in [6.07, 6.45) is 38.9. The minimum atomic E-state index is -0.989. The largest absolute Gasteiger partial charge is 0.378 e. The Kier molecular flexibility index (Phi) is 28.2. The first-order chi connectivity index (χ1) is 19.3. The van der Waals surface area contributed by atoms with Gasteiger partial charge < -0.3 is 10.2 Å². The molecule has 2 nitrogen and oxygen atoms in total. The van der Waals surface area contributed by atoms with E-state index in [0.717, 1.165) is 12.8 Å². The Hall–Kier alpha value is -0.520. The van der Waals surface area contributed by atoms with Crippen LogP contribution in [0.15, 0.2) is 0 Å². The van der Waals surface area contributed by atoms with Crippen LogP contribution >= 0.6 is 0 Å². The molecule has 0 fully saturated rings. The Bertz CT molecular complexity index is 520. The zero-order valence-electron chi connectivity index (χ0n) is 28.1. The molecule has 0 saturated heterocycles. The molecule has 0 aliphatic heterocycles. The van der Waals surface area contributed by atoms with E-state index in [-0.39, 0.29) is 0 Å². The maximum Gasteiger partial charge on any atom is 0.122 e. The maximum absolute atomic E-state index is 10.7. The average molecular weight is 563 g/mol. The molecule has 0 aliphatic rings. The second-order valence-electron chi connectivity index (χ2n) is 13.5. The molecule has 0 heterocycles. The van der Waals surface area contributed by atoms with Gasteiger partial charge in [-0.15, -0.1) is 0 Å². The second-order valence-corrected chi connectivity index (χ2v) is 13.5. The van der Waals surface area contributed by atoms with Crippen molar-refractivity contribution in [3.63, 3.8) is 0 Å². The monoisotopic (exact) mass is 563 g/mol. The molecule has 0 rings (SSSR count). The summed E-state index contributed by atoms with van der Waals surface area (Å²) in [6.45, 7) is 8.19. The van der Waals surface area contributed by atoms with Gasteiger partial charge in [-0.3, -0.25) is 0 Å². The highest BCUT2D eigenvalue weighted by atomic mass is 16.3. The van der Waals surface area contributed by atoms with Crippen molar-refractivity contribution in [1.29, 1.82) is 0 Å². The van der Waals surface area contributed by atoms with Crippen LogP contribution in [-0.2, 0) is 0 Å². The molecule has 0 aromatic heterocycles. The molecule has 0 bridgehead atoms. The van der Waals surface area contributed by atoms with E-state index in [1.807, 2.05) is 13.8 Å². The lowest BCUT2D eigenvalue weighted by Crippen LogP contribution is -2.26. The van der Waals surface area contributed by atoms with E-state index >= 15 is 0 Å². The predicted octanol–water partition coefficient (Wildman–Crippen LogP) is 12.2. The van der Waals surface area contributed by atoms with Crippen molar-refractivity contribution in [2.75, 3.05) is 0 Å². The number of aliphatic hydroxyl groups is 2.